The van der Waals surface area contributed by atoms with Gasteiger partial charge in [-0.1, -0.05) is 30.3 Å². The third-order valence-electron chi connectivity index (χ3n) is 4.48. The van der Waals surface area contributed by atoms with Gasteiger partial charge in [0.05, 0.1) is 12.6 Å². The summed E-state index contributed by atoms with van der Waals surface area (Å²) in [5.74, 6) is 0.677. The van der Waals surface area contributed by atoms with Gasteiger partial charge in [-0.3, -0.25) is 4.68 Å². The zero-order valence-electron chi connectivity index (χ0n) is 13.1. The Kier molecular flexibility index (Phi) is 5.19. The van der Waals surface area contributed by atoms with Crippen LogP contribution in [0.5, 0.6) is 0 Å². The molecule has 0 spiro atoms. The van der Waals surface area contributed by atoms with Crippen molar-refractivity contribution in [2.45, 2.75) is 38.4 Å². The van der Waals surface area contributed by atoms with Crippen molar-refractivity contribution in [1.82, 2.24) is 20.1 Å². The average Bonchev–Trinajstić information content (AvgIpc) is 3.09. The molecule has 1 fully saturated rings. The van der Waals surface area contributed by atoms with Crippen molar-refractivity contribution in [2.24, 2.45) is 5.92 Å². The summed E-state index contributed by atoms with van der Waals surface area (Å²) in [5, 5.41) is 8.04. The van der Waals surface area contributed by atoms with E-state index in [-0.39, 0.29) is 6.04 Å². The molecule has 1 aromatic heterocycles. The van der Waals surface area contributed by atoms with Gasteiger partial charge in [-0.05, 0) is 31.2 Å². The van der Waals surface area contributed by atoms with Gasteiger partial charge in [0.2, 0.25) is 0 Å². The molecule has 1 aliphatic heterocycles. The number of hydrogen-bond acceptors (Lipinski definition) is 4. The van der Waals surface area contributed by atoms with E-state index in [4.69, 9.17) is 4.74 Å². The second-order valence-corrected chi connectivity index (χ2v) is 5.99. The van der Waals surface area contributed by atoms with Crippen LogP contribution in [0, 0.1) is 5.92 Å². The second-order valence-electron chi connectivity index (χ2n) is 5.99. The van der Waals surface area contributed by atoms with Gasteiger partial charge < -0.3 is 10.1 Å². The molecule has 0 unspecified atom stereocenters. The van der Waals surface area contributed by atoms with Gasteiger partial charge in [0.15, 0.2) is 0 Å². The van der Waals surface area contributed by atoms with E-state index >= 15 is 0 Å². The first-order valence-corrected chi connectivity index (χ1v) is 8.04. The predicted molar refractivity (Wildman–Crippen MR) is 85.3 cm³/mol. The lowest BCUT2D eigenvalue weighted by molar-refractivity contribution is 0.0539. The fourth-order valence-electron chi connectivity index (χ4n) is 3.12. The smallest absolute Gasteiger partial charge is 0.137 e. The number of nitrogens with one attached hydrogen (secondary N) is 1. The molecule has 2 atom stereocenters. The number of rotatable bonds is 6. The summed E-state index contributed by atoms with van der Waals surface area (Å²) < 4.78 is 7.36. The monoisotopic (exact) mass is 300 g/mol. The van der Waals surface area contributed by atoms with E-state index in [1.165, 1.54) is 5.56 Å². The van der Waals surface area contributed by atoms with Crippen LogP contribution in [-0.4, -0.2) is 34.0 Å². The first kappa shape index (κ1) is 15.2. The summed E-state index contributed by atoms with van der Waals surface area (Å²) in [7, 11) is 0. The molecule has 1 N–H and O–H groups in total. The minimum absolute atomic E-state index is 0.237. The Morgan fingerprint density at radius 3 is 2.73 bits per heavy atom. The Labute approximate surface area is 131 Å². The Morgan fingerprint density at radius 1 is 1.27 bits per heavy atom. The molecule has 5 nitrogen and oxygen atoms in total. The lowest BCUT2D eigenvalue weighted by Crippen LogP contribution is -2.40. The maximum atomic E-state index is 5.47. The van der Waals surface area contributed by atoms with Crippen molar-refractivity contribution in [3.8, 4) is 0 Å². The number of hydrogen-bond donors (Lipinski definition) is 1. The summed E-state index contributed by atoms with van der Waals surface area (Å²) in [5.41, 5.74) is 1.29. The quantitative estimate of drug-likeness (QED) is 0.890. The highest BCUT2D eigenvalue weighted by Gasteiger charge is 2.23. The predicted octanol–water partition coefficient (Wildman–Crippen LogP) is 2.42. The molecule has 0 radical (unpaired) electrons. The topological polar surface area (TPSA) is 52.0 Å². The maximum Gasteiger partial charge on any atom is 0.137 e. The van der Waals surface area contributed by atoms with Crippen LogP contribution in [0.2, 0.25) is 0 Å². The molecule has 1 saturated heterocycles. The molecule has 2 heterocycles. The highest BCUT2D eigenvalue weighted by atomic mass is 16.5. The number of nitrogens with zero attached hydrogens (tertiary/aromatic N) is 3. The van der Waals surface area contributed by atoms with Crippen LogP contribution < -0.4 is 5.32 Å². The van der Waals surface area contributed by atoms with E-state index in [1.807, 2.05) is 4.68 Å². The fraction of sp³-hybridized carbons (Fsp3) is 0.529. The van der Waals surface area contributed by atoms with Gasteiger partial charge in [0.1, 0.15) is 12.7 Å². The van der Waals surface area contributed by atoms with E-state index < -0.39 is 0 Å². The van der Waals surface area contributed by atoms with E-state index in [0.717, 1.165) is 32.6 Å². The first-order chi connectivity index (χ1) is 10.8. The van der Waals surface area contributed by atoms with Gasteiger partial charge >= 0.3 is 0 Å². The molecular weight excluding hydrogens is 276 g/mol. The molecule has 2 aromatic rings. The molecular formula is C17H24N4O. The van der Waals surface area contributed by atoms with Gasteiger partial charge in [0.25, 0.3) is 0 Å². The highest BCUT2D eigenvalue weighted by molar-refractivity contribution is 5.19. The number of ether oxygens (including phenoxy) is 1. The van der Waals surface area contributed by atoms with Crippen molar-refractivity contribution < 1.29 is 4.74 Å². The van der Waals surface area contributed by atoms with Crippen molar-refractivity contribution in [1.29, 1.82) is 0 Å². The van der Waals surface area contributed by atoms with Crippen LogP contribution in [0.1, 0.15) is 31.4 Å². The zero-order valence-corrected chi connectivity index (χ0v) is 13.1. The molecule has 1 aliphatic rings. The normalized spacial score (nSPS) is 19.0. The summed E-state index contributed by atoms with van der Waals surface area (Å²) in [6.07, 6.45) is 5.64. The number of aromatic nitrogens is 3. The van der Waals surface area contributed by atoms with Crippen molar-refractivity contribution >= 4 is 0 Å². The third-order valence-corrected chi connectivity index (χ3v) is 4.48. The van der Waals surface area contributed by atoms with Gasteiger partial charge in [0, 0.05) is 19.3 Å². The Morgan fingerprint density at radius 2 is 2.05 bits per heavy atom. The molecule has 0 saturated carbocycles. The van der Waals surface area contributed by atoms with Gasteiger partial charge in [-0.15, -0.1) is 0 Å². The summed E-state index contributed by atoms with van der Waals surface area (Å²) >= 11 is 0. The Hall–Kier alpha value is -1.72. The Bertz CT molecular complexity index is 537. The highest BCUT2D eigenvalue weighted by Crippen LogP contribution is 2.22. The number of benzene rings is 1. The molecule has 118 valence electrons. The Balaban J connectivity index is 1.70. The fourth-order valence-corrected chi connectivity index (χ4v) is 3.12. The summed E-state index contributed by atoms with van der Waals surface area (Å²) in [6.45, 7) is 4.84. The van der Waals surface area contributed by atoms with E-state index in [9.17, 15) is 0 Å². The minimum atomic E-state index is 0.237. The van der Waals surface area contributed by atoms with Crippen molar-refractivity contribution in [2.75, 3.05) is 13.2 Å². The van der Waals surface area contributed by atoms with Crippen LogP contribution in [0.25, 0.3) is 0 Å². The molecule has 0 amide bonds. The zero-order chi connectivity index (χ0) is 15.2. The molecule has 22 heavy (non-hydrogen) atoms. The standard InChI is InChI=1S/C17H24N4O/c1-14(15-7-9-22-10-8-15)20-17(11-21-13-18-12-19-21)16-5-3-2-4-6-16/h2-6,12-15,17,20H,7-11H2,1H3/t14-,17+/m1/s1. The molecule has 3 rings (SSSR count). The van der Waals surface area contributed by atoms with Gasteiger partial charge in [-0.25, -0.2) is 4.98 Å². The third kappa shape index (κ3) is 3.93. The SMILES string of the molecule is C[C@@H](N[C@@H](Cn1cncn1)c1ccccc1)C1CCOCC1. The largest absolute Gasteiger partial charge is 0.381 e. The summed E-state index contributed by atoms with van der Waals surface area (Å²) in [4.78, 5) is 4.05. The van der Waals surface area contributed by atoms with Crippen LogP contribution in [0.15, 0.2) is 43.0 Å². The molecule has 0 bridgehead atoms. The van der Waals surface area contributed by atoms with Crippen LogP contribution >= 0.6 is 0 Å². The van der Waals surface area contributed by atoms with E-state index in [0.29, 0.717) is 12.0 Å². The van der Waals surface area contributed by atoms with E-state index in [2.05, 4.69) is 52.7 Å². The van der Waals surface area contributed by atoms with Crippen LogP contribution in [0.4, 0.5) is 0 Å². The van der Waals surface area contributed by atoms with Crippen LogP contribution in [-0.2, 0) is 11.3 Å². The lowest BCUT2D eigenvalue weighted by Gasteiger charge is -2.32. The average molecular weight is 300 g/mol. The van der Waals surface area contributed by atoms with Crippen LogP contribution in [0.3, 0.4) is 0 Å². The molecule has 5 heteroatoms. The summed E-state index contributed by atoms with van der Waals surface area (Å²) in [6, 6.07) is 11.3. The maximum absolute atomic E-state index is 5.47. The molecule has 1 aromatic carbocycles. The minimum Gasteiger partial charge on any atom is -0.381 e. The van der Waals surface area contributed by atoms with Crippen molar-refractivity contribution in [3.63, 3.8) is 0 Å². The first-order valence-electron chi connectivity index (χ1n) is 8.04. The second kappa shape index (κ2) is 7.51. The lowest BCUT2D eigenvalue weighted by atomic mass is 9.91. The molecule has 0 aliphatic carbocycles. The van der Waals surface area contributed by atoms with E-state index in [1.54, 1.807) is 12.7 Å². The van der Waals surface area contributed by atoms with Gasteiger partial charge in [-0.2, -0.15) is 5.10 Å². The van der Waals surface area contributed by atoms with Crippen molar-refractivity contribution in [3.05, 3.63) is 48.5 Å².